The fourth-order valence-electron chi connectivity index (χ4n) is 2.37. The normalized spacial score (nSPS) is 16.9. The van der Waals surface area contributed by atoms with Gasteiger partial charge in [-0.2, -0.15) is 0 Å². The van der Waals surface area contributed by atoms with E-state index in [-0.39, 0.29) is 11.8 Å². The molecule has 1 unspecified atom stereocenters. The third kappa shape index (κ3) is 2.62. The minimum absolute atomic E-state index is 0.0497. The lowest BCUT2D eigenvalue weighted by molar-refractivity contribution is -0.117. The zero-order chi connectivity index (χ0) is 14.3. The minimum atomic E-state index is -0.267. The molecule has 0 saturated carbocycles. The van der Waals surface area contributed by atoms with Crippen molar-refractivity contribution in [3.63, 3.8) is 0 Å². The standard InChI is InChI=1S/C14H9Cl3N2O/c15-8-1-2-9-10(14(20)18-11(9)6-8)3-7-4-12(16)19-13(17)5-7/h1-2,4-6,10H,3H2,(H,18,20). The molecule has 2 aromatic rings. The van der Waals surface area contributed by atoms with Crippen molar-refractivity contribution in [2.45, 2.75) is 12.3 Å². The molecule has 3 nitrogen and oxygen atoms in total. The first kappa shape index (κ1) is 13.7. The lowest BCUT2D eigenvalue weighted by Crippen LogP contribution is -2.14. The van der Waals surface area contributed by atoms with Gasteiger partial charge in [0.1, 0.15) is 10.3 Å². The molecule has 1 atom stereocenters. The number of anilines is 1. The summed E-state index contributed by atoms with van der Waals surface area (Å²) in [5, 5.41) is 4.07. The van der Waals surface area contributed by atoms with Gasteiger partial charge >= 0.3 is 0 Å². The number of fused-ring (bicyclic) bond motifs is 1. The number of rotatable bonds is 2. The van der Waals surface area contributed by atoms with Gasteiger partial charge in [0.05, 0.1) is 5.92 Å². The number of halogens is 3. The summed E-state index contributed by atoms with van der Waals surface area (Å²) in [6.45, 7) is 0. The van der Waals surface area contributed by atoms with Crippen LogP contribution in [0.3, 0.4) is 0 Å². The summed E-state index contributed by atoms with van der Waals surface area (Å²) < 4.78 is 0. The van der Waals surface area contributed by atoms with Gasteiger partial charge in [-0.25, -0.2) is 4.98 Å². The molecule has 1 aromatic carbocycles. The van der Waals surface area contributed by atoms with Crippen LogP contribution in [0.5, 0.6) is 0 Å². The number of nitrogens with zero attached hydrogens (tertiary/aromatic N) is 1. The van der Waals surface area contributed by atoms with E-state index in [9.17, 15) is 4.79 Å². The van der Waals surface area contributed by atoms with Crippen LogP contribution in [-0.2, 0) is 11.2 Å². The molecule has 0 spiro atoms. The lowest BCUT2D eigenvalue weighted by atomic mass is 9.94. The summed E-state index contributed by atoms with van der Waals surface area (Å²) in [4.78, 5) is 16.0. The Bertz CT molecular complexity index is 683. The van der Waals surface area contributed by atoms with Crippen LogP contribution < -0.4 is 5.32 Å². The van der Waals surface area contributed by atoms with Crippen molar-refractivity contribution in [1.29, 1.82) is 0 Å². The molecule has 1 N–H and O–H groups in total. The molecule has 1 aliphatic rings. The van der Waals surface area contributed by atoms with E-state index in [2.05, 4.69) is 10.3 Å². The zero-order valence-electron chi connectivity index (χ0n) is 10.2. The predicted molar refractivity (Wildman–Crippen MR) is 80.8 cm³/mol. The highest BCUT2D eigenvalue weighted by atomic mass is 35.5. The van der Waals surface area contributed by atoms with E-state index in [1.807, 2.05) is 6.07 Å². The number of hydrogen-bond acceptors (Lipinski definition) is 2. The summed E-state index contributed by atoms with van der Waals surface area (Å²) in [7, 11) is 0. The molecular formula is C14H9Cl3N2O. The van der Waals surface area contributed by atoms with Crippen molar-refractivity contribution in [3.05, 3.63) is 56.8 Å². The smallest absolute Gasteiger partial charge is 0.232 e. The van der Waals surface area contributed by atoms with Crippen LogP contribution >= 0.6 is 34.8 Å². The number of nitrogens with one attached hydrogen (secondary N) is 1. The summed E-state index contributed by atoms with van der Waals surface area (Å²) >= 11 is 17.7. The van der Waals surface area contributed by atoms with Gasteiger partial charge in [-0.3, -0.25) is 4.79 Å². The number of pyridine rings is 1. The number of amides is 1. The number of aromatic nitrogens is 1. The van der Waals surface area contributed by atoms with Crippen LogP contribution in [0.1, 0.15) is 17.0 Å². The third-order valence-electron chi connectivity index (χ3n) is 3.23. The van der Waals surface area contributed by atoms with Crippen molar-refractivity contribution < 1.29 is 4.79 Å². The zero-order valence-corrected chi connectivity index (χ0v) is 12.4. The van der Waals surface area contributed by atoms with Gasteiger partial charge in [0.25, 0.3) is 0 Å². The van der Waals surface area contributed by atoms with Crippen LogP contribution in [0.25, 0.3) is 0 Å². The maximum Gasteiger partial charge on any atom is 0.232 e. The molecule has 102 valence electrons. The van der Waals surface area contributed by atoms with Gasteiger partial charge in [0.15, 0.2) is 0 Å². The average Bonchev–Trinajstić information content (AvgIpc) is 2.64. The Kier molecular flexibility index (Phi) is 3.59. The van der Waals surface area contributed by atoms with E-state index in [0.717, 1.165) is 16.8 Å². The Labute approximate surface area is 130 Å². The van der Waals surface area contributed by atoms with Crippen LogP contribution in [0.4, 0.5) is 5.69 Å². The van der Waals surface area contributed by atoms with Crippen LogP contribution in [-0.4, -0.2) is 10.9 Å². The first-order valence-electron chi connectivity index (χ1n) is 5.95. The molecule has 20 heavy (non-hydrogen) atoms. The highest BCUT2D eigenvalue weighted by Gasteiger charge is 2.30. The molecule has 6 heteroatoms. The van der Waals surface area contributed by atoms with Crippen molar-refractivity contribution >= 4 is 46.4 Å². The molecule has 0 aliphatic carbocycles. The number of carbonyl (C=O) groups excluding carboxylic acids is 1. The van der Waals surface area contributed by atoms with E-state index < -0.39 is 0 Å². The molecule has 1 aromatic heterocycles. The van der Waals surface area contributed by atoms with Gasteiger partial charge in [-0.15, -0.1) is 0 Å². The third-order valence-corrected chi connectivity index (χ3v) is 3.85. The second-order valence-corrected chi connectivity index (χ2v) is 5.81. The predicted octanol–water partition coefficient (Wildman–Crippen LogP) is 4.32. The fourth-order valence-corrected chi connectivity index (χ4v) is 3.05. The van der Waals surface area contributed by atoms with Crippen molar-refractivity contribution in [3.8, 4) is 0 Å². The van der Waals surface area contributed by atoms with E-state index in [1.165, 1.54) is 0 Å². The number of benzene rings is 1. The van der Waals surface area contributed by atoms with Crippen LogP contribution in [0.15, 0.2) is 30.3 Å². The van der Waals surface area contributed by atoms with Crippen LogP contribution in [0, 0.1) is 0 Å². The van der Waals surface area contributed by atoms with Crippen molar-refractivity contribution in [2.24, 2.45) is 0 Å². The lowest BCUT2D eigenvalue weighted by Gasteiger charge is -2.09. The summed E-state index contributed by atoms with van der Waals surface area (Å²) in [6.07, 6.45) is 0.516. The topological polar surface area (TPSA) is 42.0 Å². The maximum atomic E-state index is 12.1. The first-order valence-corrected chi connectivity index (χ1v) is 7.08. The van der Waals surface area contributed by atoms with E-state index >= 15 is 0 Å². The minimum Gasteiger partial charge on any atom is -0.325 e. The second-order valence-electron chi connectivity index (χ2n) is 4.60. The molecule has 0 saturated heterocycles. The Hall–Kier alpha value is -1.29. The molecule has 1 amide bonds. The molecule has 0 bridgehead atoms. The quantitative estimate of drug-likeness (QED) is 0.835. The van der Waals surface area contributed by atoms with Gasteiger partial charge in [-0.1, -0.05) is 40.9 Å². The Morgan fingerprint density at radius 3 is 2.50 bits per heavy atom. The summed E-state index contributed by atoms with van der Waals surface area (Å²) in [5.74, 6) is -0.317. The number of carbonyl (C=O) groups is 1. The molecule has 0 fully saturated rings. The van der Waals surface area contributed by atoms with Gasteiger partial charge in [0.2, 0.25) is 5.91 Å². The summed E-state index contributed by atoms with van der Waals surface area (Å²) in [6, 6.07) is 8.83. The highest BCUT2D eigenvalue weighted by molar-refractivity contribution is 6.32. The van der Waals surface area contributed by atoms with Crippen LogP contribution in [0.2, 0.25) is 15.3 Å². The van der Waals surface area contributed by atoms with Gasteiger partial charge < -0.3 is 5.32 Å². The maximum absolute atomic E-state index is 12.1. The Morgan fingerprint density at radius 2 is 1.80 bits per heavy atom. The average molecular weight is 328 g/mol. The SMILES string of the molecule is O=C1Nc2cc(Cl)ccc2C1Cc1cc(Cl)nc(Cl)c1. The fraction of sp³-hybridized carbons (Fsp3) is 0.143. The first-order chi connectivity index (χ1) is 9.52. The van der Waals surface area contributed by atoms with Gasteiger partial charge in [0, 0.05) is 10.7 Å². The van der Waals surface area contributed by atoms with E-state index in [0.29, 0.717) is 21.7 Å². The van der Waals surface area contributed by atoms with Gasteiger partial charge in [-0.05, 0) is 41.8 Å². The molecular weight excluding hydrogens is 319 g/mol. The van der Waals surface area contributed by atoms with Crippen molar-refractivity contribution in [2.75, 3.05) is 5.32 Å². The van der Waals surface area contributed by atoms with Crippen molar-refractivity contribution in [1.82, 2.24) is 4.98 Å². The molecule has 1 aliphatic heterocycles. The monoisotopic (exact) mass is 326 g/mol. The Balaban J connectivity index is 1.94. The highest BCUT2D eigenvalue weighted by Crippen LogP contribution is 2.36. The van der Waals surface area contributed by atoms with E-state index in [1.54, 1.807) is 24.3 Å². The molecule has 3 rings (SSSR count). The Morgan fingerprint density at radius 1 is 1.10 bits per heavy atom. The molecule has 2 heterocycles. The second kappa shape index (κ2) is 5.24. The molecule has 0 radical (unpaired) electrons. The number of hydrogen-bond donors (Lipinski definition) is 1. The van der Waals surface area contributed by atoms with E-state index in [4.69, 9.17) is 34.8 Å². The summed E-state index contributed by atoms with van der Waals surface area (Å²) in [5.41, 5.74) is 2.57. The largest absolute Gasteiger partial charge is 0.325 e.